The van der Waals surface area contributed by atoms with Gasteiger partial charge >= 0.3 is 6.18 Å². The summed E-state index contributed by atoms with van der Waals surface area (Å²) < 4.78 is 38.6. The summed E-state index contributed by atoms with van der Waals surface area (Å²) in [5.41, 5.74) is 1.29. The first-order chi connectivity index (χ1) is 9.90. The van der Waals surface area contributed by atoms with Crippen LogP contribution in [-0.2, 0) is 12.6 Å². The Bertz CT molecular complexity index is 576. The maximum atomic E-state index is 12.5. The molecule has 21 heavy (non-hydrogen) atoms. The number of alkyl halides is 4. The van der Waals surface area contributed by atoms with Gasteiger partial charge in [-0.2, -0.15) is 13.2 Å². The Kier molecular flexibility index (Phi) is 5.33. The maximum Gasteiger partial charge on any atom is 0.416 e. The quantitative estimate of drug-likeness (QED) is 0.570. The minimum Gasteiger partial charge on any atom is -0.166 e. The second-order valence-corrected chi connectivity index (χ2v) is 6.03. The van der Waals surface area contributed by atoms with Crippen LogP contribution in [0.25, 0.3) is 0 Å². The molecule has 2 rings (SSSR count). The second kappa shape index (κ2) is 6.84. The highest BCUT2D eigenvalue weighted by molar-refractivity contribution is 9.10. The van der Waals surface area contributed by atoms with E-state index >= 15 is 0 Å². The molecule has 0 amide bonds. The zero-order valence-electron chi connectivity index (χ0n) is 11.0. The highest BCUT2D eigenvalue weighted by Gasteiger charge is 2.30. The smallest absolute Gasteiger partial charge is 0.166 e. The molecule has 2 aromatic carbocycles. The third-order valence-corrected chi connectivity index (χ3v) is 4.19. The standard InChI is InChI=1S/C16H13BrClF3/c17-15-7-3-12(4-8-15)13(10-18)9-11-1-5-14(6-2-11)16(19,20)21/h1-8,13H,9-10H2. The summed E-state index contributed by atoms with van der Waals surface area (Å²) in [4.78, 5) is 0. The molecule has 0 aliphatic carbocycles. The first-order valence-corrected chi connectivity index (χ1v) is 7.70. The van der Waals surface area contributed by atoms with Crippen molar-refractivity contribution in [2.75, 3.05) is 5.88 Å². The summed E-state index contributed by atoms with van der Waals surface area (Å²) in [5, 5.41) is 0. The summed E-state index contributed by atoms with van der Waals surface area (Å²) >= 11 is 9.37. The van der Waals surface area contributed by atoms with Crippen LogP contribution in [0.5, 0.6) is 0 Å². The molecule has 0 fully saturated rings. The number of hydrogen-bond acceptors (Lipinski definition) is 0. The van der Waals surface area contributed by atoms with Crippen LogP contribution in [-0.4, -0.2) is 5.88 Å². The van der Waals surface area contributed by atoms with E-state index in [4.69, 9.17) is 11.6 Å². The predicted molar refractivity (Wildman–Crippen MR) is 82.8 cm³/mol. The average molecular weight is 378 g/mol. The van der Waals surface area contributed by atoms with Crippen LogP contribution < -0.4 is 0 Å². The Hall–Kier alpha value is -1.00. The van der Waals surface area contributed by atoms with E-state index in [1.807, 2.05) is 24.3 Å². The van der Waals surface area contributed by atoms with Gasteiger partial charge in [-0.05, 0) is 41.8 Å². The van der Waals surface area contributed by atoms with Gasteiger partial charge in [0.2, 0.25) is 0 Å². The molecule has 0 nitrogen and oxygen atoms in total. The van der Waals surface area contributed by atoms with E-state index in [0.29, 0.717) is 12.3 Å². The number of hydrogen-bond donors (Lipinski definition) is 0. The average Bonchev–Trinajstić information content (AvgIpc) is 2.45. The van der Waals surface area contributed by atoms with Crippen molar-refractivity contribution in [2.24, 2.45) is 0 Å². The molecule has 2 aromatic rings. The van der Waals surface area contributed by atoms with Gasteiger partial charge in [0.1, 0.15) is 0 Å². The topological polar surface area (TPSA) is 0 Å². The molecule has 0 aliphatic heterocycles. The molecule has 0 saturated heterocycles. The molecule has 0 N–H and O–H groups in total. The minimum absolute atomic E-state index is 0.0801. The SMILES string of the molecule is FC(F)(F)c1ccc(CC(CCl)c2ccc(Br)cc2)cc1. The van der Waals surface area contributed by atoms with E-state index in [2.05, 4.69) is 15.9 Å². The van der Waals surface area contributed by atoms with Crippen LogP contribution in [0, 0.1) is 0 Å². The van der Waals surface area contributed by atoms with Crippen molar-refractivity contribution in [1.82, 2.24) is 0 Å². The lowest BCUT2D eigenvalue weighted by atomic mass is 9.93. The van der Waals surface area contributed by atoms with Crippen molar-refractivity contribution >= 4 is 27.5 Å². The Morgan fingerprint density at radius 1 is 0.952 bits per heavy atom. The lowest BCUT2D eigenvalue weighted by molar-refractivity contribution is -0.137. The molecule has 5 heteroatoms. The summed E-state index contributed by atoms with van der Waals surface area (Å²) in [6.07, 6.45) is -3.68. The number of rotatable bonds is 4. The zero-order chi connectivity index (χ0) is 15.5. The maximum absolute atomic E-state index is 12.5. The lowest BCUT2D eigenvalue weighted by Gasteiger charge is -2.15. The molecule has 0 aromatic heterocycles. The summed E-state index contributed by atoms with van der Waals surface area (Å²) in [7, 11) is 0. The molecule has 0 heterocycles. The normalized spacial score (nSPS) is 13.2. The van der Waals surface area contributed by atoms with Crippen molar-refractivity contribution in [3.05, 3.63) is 69.7 Å². The van der Waals surface area contributed by atoms with Crippen LogP contribution in [0.4, 0.5) is 13.2 Å². The molecule has 0 radical (unpaired) electrons. The summed E-state index contributed by atoms with van der Waals surface area (Å²) in [5.74, 6) is 0.499. The van der Waals surface area contributed by atoms with Gasteiger partial charge < -0.3 is 0 Å². The van der Waals surface area contributed by atoms with Gasteiger partial charge in [0.25, 0.3) is 0 Å². The largest absolute Gasteiger partial charge is 0.416 e. The van der Waals surface area contributed by atoms with E-state index in [-0.39, 0.29) is 5.92 Å². The van der Waals surface area contributed by atoms with Gasteiger partial charge in [-0.15, -0.1) is 11.6 Å². The fourth-order valence-corrected chi connectivity index (χ4v) is 2.66. The van der Waals surface area contributed by atoms with Gasteiger partial charge in [-0.3, -0.25) is 0 Å². The highest BCUT2D eigenvalue weighted by atomic mass is 79.9. The summed E-state index contributed by atoms with van der Waals surface area (Å²) in [6, 6.07) is 13.1. The van der Waals surface area contributed by atoms with Crippen LogP contribution in [0.15, 0.2) is 53.0 Å². The molecular weight excluding hydrogens is 365 g/mol. The zero-order valence-corrected chi connectivity index (χ0v) is 13.3. The first-order valence-electron chi connectivity index (χ1n) is 6.37. The van der Waals surface area contributed by atoms with Gasteiger partial charge in [-0.1, -0.05) is 40.2 Å². The monoisotopic (exact) mass is 376 g/mol. The molecule has 0 bridgehead atoms. The lowest BCUT2D eigenvalue weighted by Crippen LogP contribution is -2.07. The summed E-state index contributed by atoms with van der Waals surface area (Å²) in [6.45, 7) is 0. The highest BCUT2D eigenvalue weighted by Crippen LogP contribution is 2.30. The van der Waals surface area contributed by atoms with Gasteiger partial charge in [0.15, 0.2) is 0 Å². The van der Waals surface area contributed by atoms with Crippen LogP contribution in [0.2, 0.25) is 0 Å². The third-order valence-electron chi connectivity index (χ3n) is 3.29. The van der Waals surface area contributed by atoms with Crippen molar-refractivity contribution in [3.8, 4) is 0 Å². The molecule has 1 unspecified atom stereocenters. The van der Waals surface area contributed by atoms with Crippen LogP contribution >= 0.6 is 27.5 Å². The van der Waals surface area contributed by atoms with E-state index in [9.17, 15) is 13.2 Å². The fourth-order valence-electron chi connectivity index (χ4n) is 2.11. The minimum atomic E-state index is -4.30. The van der Waals surface area contributed by atoms with Gasteiger partial charge in [-0.25, -0.2) is 0 Å². The molecule has 0 saturated carbocycles. The van der Waals surface area contributed by atoms with Crippen LogP contribution in [0.1, 0.15) is 22.6 Å². The molecule has 0 spiro atoms. The van der Waals surface area contributed by atoms with Crippen molar-refractivity contribution in [2.45, 2.75) is 18.5 Å². The molecule has 112 valence electrons. The predicted octanol–water partition coefficient (Wildman–Crippen LogP) is 6.03. The number of halogens is 5. The van der Waals surface area contributed by atoms with Crippen molar-refractivity contribution in [3.63, 3.8) is 0 Å². The molecular formula is C16H13BrClF3. The Morgan fingerprint density at radius 2 is 1.52 bits per heavy atom. The Balaban J connectivity index is 2.13. The fraction of sp³-hybridized carbons (Fsp3) is 0.250. The van der Waals surface area contributed by atoms with Crippen molar-refractivity contribution in [1.29, 1.82) is 0 Å². The first kappa shape index (κ1) is 16.4. The number of benzene rings is 2. The van der Waals surface area contributed by atoms with E-state index < -0.39 is 11.7 Å². The van der Waals surface area contributed by atoms with Crippen molar-refractivity contribution < 1.29 is 13.2 Å². The molecule has 0 aliphatic rings. The van der Waals surface area contributed by atoms with E-state index in [0.717, 1.165) is 27.7 Å². The Labute approximate surface area is 135 Å². The van der Waals surface area contributed by atoms with E-state index in [1.54, 1.807) is 0 Å². The van der Waals surface area contributed by atoms with Gasteiger partial charge in [0.05, 0.1) is 5.56 Å². The van der Waals surface area contributed by atoms with Crippen LogP contribution in [0.3, 0.4) is 0 Å². The second-order valence-electron chi connectivity index (χ2n) is 4.80. The molecule has 1 atom stereocenters. The van der Waals surface area contributed by atoms with Gasteiger partial charge in [0, 0.05) is 16.3 Å². The third kappa shape index (κ3) is 4.48. The van der Waals surface area contributed by atoms with E-state index in [1.165, 1.54) is 12.1 Å². The Morgan fingerprint density at radius 3 is 2.00 bits per heavy atom.